The molecule has 1 amide bonds. The third-order valence-electron chi connectivity index (χ3n) is 3.56. The van der Waals surface area contributed by atoms with Gasteiger partial charge in [-0.1, -0.05) is 25.0 Å². The first-order chi connectivity index (χ1) is 8.18. The van der Waals surface area contributed by atoms with Crippen LogP contribution in [0.3, 0.4) is 0 Å². The number of halogens is 1. The molecule has 1 aromatic carbocycles. The summed E-state index contributed by atoms with van der Waals surface area (Å²) in [6.07, 6.45) is 3.62. The molecule has 4 heteroatoms. The van der Waals surface area contributed by atoms with Crippen molar-refractivity contribution in [3.8, 4) is 0 Å². The quantitative estimate of drug-likeness (QED) is 0.846. The number of amides is 1. The summed E-state index contributed by atoms with van der Waals surface area (Å²) in [4.78, 5) is 12.2. The van der Waals surface area contributed by atoms with Crippen LogP contribution in [0.2, 0.25) is 0 Å². The largest absolute Gasteiger partial charge is 0.329 e. The molecule has 0 saturated heterocycles. The van der Waals surface area contributed by atoms with E-state index in [0.29, 0.717) is 6.54 Å². The summed E-state index contributed by atoms with van der Waals surface area (Å²) in [6, 6.07) is 6.19. The first-order valence-electron chi connectivity index (χ1n) is 5.94. The minimum Gasteiger partial charge on any atom is -0.329 e. The van der Waals surface area contributed by atoms with E-state index in [0.717, 1.165) is 25.7 Å². The van der Waals surface area contributed by atoms with E-state index in [1.807, 2.05) is 0 Å². The van der Waals surface area contributed by atoms with E-state index in [1.54, 1.807) is 18.2 Å². The van der Waals surface area contributed by atoms with Crippen molar-refractivity contribution in [2.75, 3.05) is 11.9 Å². The molecule has 92 valence electrons. The summed E-state index contributed by atoms with van der Waals surface area (Å²) in [6.45, 7) is 0.327. The Morgan fingerprint density at radius 1 is 1.35 bits per heavy atom. The molecule has 1 aromatic rings. The van der Waals surface area contributed by atoms with Crippen molar-refractivity contribution < 1.29 is 9.18 Å². The average molecular weight is 236 g/mol. The lowest BCUT2D eigenvalue weighted by molar-refractivity contribution is -0.124. The average Bonchev–Trinajstić information content (AvgIpc) is 2.82. The van der Waals surface area contributed by atoms with Gasteiger partial charge in [-0.3, -0.25) is 4.79 Å². The second-order valence-electron chi connectivity index (χ2n) is 4.63. The minimum atomic E-state index is -0.498. The Balaban J connectivity index is 2.14. The summed E-state index contributed by atoms with van der Waals surface area (Å²) < 4.78 is 13.4. The lowest BCUT2D eigenvalue weighted by atomic mass is 9.85. The number of hydrogen-bond acceptors (Lipinski definition) is 2. The van der Waals surface area contributed by atoms with E-state index >= 15 is 0 Å². The second kappa shape index (κ2) is 4.84. The van der Waals surface area contributed by atoms with Gasteiger partial charge >= 0.3 is 0 Å². The summed E-state index contributed by atoms with van der Waals surface area (Å²) in [5, 5.41) is 2.65. The zero-order valence-corrected chi connectivity index (χ0v) is 9.71. The van der Waals surface area contributed by atoms with E-state index in [2.05, 4.69) is 5.32 Å². The van der Waals surface area contributed by atoms with Crippen LogP contribution in [0.15, 0.2) is 24.3 Å². The van der Waals surface area contributed by atoms with E-state index in [-0.39, 0.29) is 11.6 Å². The highest BCUT2D eigenvalue weighted by molar-refractivity contribution is 5.95. The number of carbonyl (C=O) groups excluding carboxylic acids is 1. The molecule has 3 N–H and O–H groups in total. The van der Waals surface area contributed by atoms with Gasteiger partial charge in [-0.25, -0.2) is 4.39 Å². The molecule has 0 heterocycles. The predicted octanol–water partition coefficient (Wildman–Crippen LogP) is 2.28. The summed E-state index contributed by atoms with van der Waals surface area (Å²) in [7, 11) is 0. The number of benzene rings is 1. The lowest BCUT2D eigenvalue weighted by Crippen LogP contribution is -2.40. The molecule has 1 saturated carbocycles. The van der Waals surface area contributed by atoms with Crippen LogP contribution in [0.5, 0.6) is 0 Å². The van der Waals surface area contributed by atoms with Gasteiger partial charge in [-0.05, 0) is 25.0 Å². The highest BCUT2D eigenvalue weighted by Gasteiger charge is 2.39. The SMILES string of the molecule is NCC1(C(=O)Nc2ccccc2F)CCCC1. The topological polar surface area (TPSA) is 55.1 Å². The van der Waals surface area contributed by atoms with Crippen molar-refractivity contribution in [1.82, 2.24) is 0 Å². The smallest absolute Gasteiger partial charge is 0.231 e. The monoisotopic (exact) mass is 236 g/mol. The van der Waals surface area contributed by atoms with Crippen LogP contribution in [0, 0.1) is 11.2 Å². The predicted molar refractivity (Wildman–Crippen MR) is 65.0 cm³/mol. The molecule has 0 spiro atoms. The third-order valence-corrected chi connectivity index (χ3v) is 3.56. The van der Waals surface area contributed by atoms with Crippen molar-refractivity contribution in [3.63, 3.8) is 0 Å². The Kier molecular flexibility index (Phi) is 3.43. The highest BCUT2D eigenvalue weighted by atomic mass is 19.1. The first kappa shape index (κ1) is 12.0. The molecule has 1 aliphatic rings. The van der Waals surface area contributed by atoms with Crippen molar-refractivity contribution >= 4 is 11.6 Å². The Labute approximate surface area is 100 Å². The fourth-order valence-electron chi connectivity index (χ4n) is 2.39. The summed E-state index contributed by atoms with van der Waals surface area (Å²) in [5.41, 5.74) is 5.44. The Hall–Kier alpha value is -1.42. The van der Waals surface area contributed by atoms with Gasteiger partial charge in [0, 0.05) is 6.54 Å². The molecule has 0 radical (unpaired) electrons. The van der Waals surface area contributed by atoms with E-state index in [4.69, 9.17) is 5.73 Å². The molecule has 3 nitrogen and oxygen atoms in total. The maximum absolute atomic E-state index is 13.4. The highest BCUT2D eigenvalue weighted by Crippen LogP contribution is 2.38. The normalized spacial score (nSPS) is 18.0. The van der Waals surface area contributed by atoms with E-state index < -0.39 is 11.2 Å². The van der Waals surface area contributed by atoms with Crippen molar-refractivity contribution in [2.24, 2.45) is 11.1 Å². The van der Waals surface area contributed by atoms with Gasteiger partial charge in [0.05, 0.1) is 11.1 Å². The van der Waals surface area contributed by atoms with Crippen LogP contribution < -0.4 is 11.1 Å². The molecular formula is C13H17FN2O. The van der Waals surface area contributed by atoms with E-state index in [1.165, 1.54) is 6.07 Å². The van der Waals surface area contributed by atoms with Gasteiger partial charge in [0.2, 0.25) is 5.91 Å². The fraction of sp³-hybridized carbons (Fsp3) is 0.462. The number of hydrogen-bond donors (Lipinski definition) is 2. The number of anilines is 1. The molecule has 2 rings (SSSR count). The van der Waals surface area contributed by atoms with Gasteiger partial charge in [0.25, 0.3) is 0 Å². The molecular weight excluding hydrogens is 219 g/mol. The lowest BCUT2D eigenvalue weighted by Gasteiger charge is -2.25. The molecule has 17 heavy (non-hydrogen) atoms. The van der Waals surface area contributed by atoms with Crippen molar-refractivity contribution in [3.05, 3.63) is 30.1 Å². The second-order valence-corrected chi connectivity index (χ2v) is 4.63. The van der Waals surface area contributed by atoms with Crippen LogP contribution in [0.25, 0.3) is 0 Å². The minimum absolute atomic E-state index is 0.150. The molecule has 0 aliphatic heterocycles. The van der Waals surface area contributed by atoms with Gasteiger partial charge in [0.15, 0.2) is 0 Å². The third kappa shape index (κ3) is 2.31. The van der Waals surface area contributed by atoms with Crippen LogP contribution in [-0.4, -0.2) is 12.5 Å². The van der Waals surface area contributed by atoms with Gasteiger partial charge in [0.1, 0.15) is 5.82 Å². The van der Waals surface area contributed by atoms with Gasteiger partial charge in [-0.15, -0.1) is 0 Å². The first-order valence-corrected chi connectivity index (χ1v) is 5.94. The number of nitrogens with one attached hydrogen (secondary N) is 1. The maximum Gasteiger partial charge on any atom is 0.231 e. The molecule has 0 unspecified atom stereocenters. The number of rotatable bonds is 3. The van der Waals surface area contributed by atoms with Gasteiger partial charge < -0.3 is 11.1 Å². The zero-order valence-electron chi connectivity index (χ0n) is 9.71. The zero-order chi connectivity index (χ0) is 12.3. The van der Waals surface area contributed by atoms with Crippen LogP contribution in [0.4, 0.5) is 10.1 Å². The fourth-order valence-corrected chi connectivity index (χ4v) is 2.39. The number of para-hydroxylation sites is 1. The van der Waals surface area contributed by atoms with Crippen molar-refractivity contribution in [1.29, 1.82) is 0 Å². The van der Waals surface area contributed by atoms with Crippen LogP contribution in [-0.2, 0) is 4.79 Å². The summed E-state index contributed by atoms with van der Waals surface area (Å²) >= 11 is 0. The number of carbonyl (C=O) groups is 1. The molecule has 1 aliphatic carbocycles. The van der Waals surface area contributed by atoms with E-state index in [9.17, 15) is 9.18 Å². The Morgan fingerprint density at radius 2 is 2.00 bits per heavy atom. The van der Waals surface area contributed by atoms with Crippen LogP contribution >= 0.6 is 0 Å². The molecule has 0 atom stereocenters. The Morgan fingerprint density at radius 3 is 2.59 bits per heavy atom. The molecule has 0 bridgehead atoms. The van der Waals surface area contributed by atoms with Crippen LogP contribution in [0.1, 0.15) is 25.7 Å². The maximum atomic E-state index is 13.4. The van der Waals surface area contributed by atoms with Gasteiger partial charge in [-0.2, -0.15) is 0 Å². The molecule has 1 fully saturated rings. The van der Waals surface area contributed by atoms with Crippen molar-refractivity contribution in [2.45, 2.75) is 25.7 Å². The molecule has 0 aromatic heterocycles. The standard InChI is InChI=1S/C13H17FN2O/c14-10-5-1-2-6-11(10)16-12(17)13(9-15)7-3-4-8-13/h1-2,5-6H,3-4,7-9,15H2,(H,16,17). The summed E-state index contributed by atoms with van der Waals surface area (Å²) in [5.74, 6) is -0.561. The number of nitrogens with two attached hydrogens (primary N) is 1. The Bertz CT molecular complexity index is 414.